The van der Waals surface area contributed by atoms with E-state index in [4.69, 9.17) is 4.74 Å². The zero-order valence-corrected chi connectivity index (χ0v) is 15.5. The molecule has 2 nitrogen and oxygen atoms in total. The fourth-order valence-corrected chi connectivity index (χ4v) is 4.66. The van der Waals surface area contributed by atoms with E-state index in [0.29, 0.717) is 30.3 Å². The number of hydrogen-bond acceptors (Lipinski definition) is 2. The van der Waals surface area contributed by atoms with Crippen LogP contribution in [0.4, 0.5) is 0 Å². The fourth-order valence-electron chi connectivity index (χ4n) is 4.66. The van der Waals surface area contributed by atoms with E-state index in [-0.39, 0.29) is 11.9 Å². The number of esters is 1. The molecule has 0 radical (unpaired) electrons. The standard InChI is InChI=1S/C20H36O2/c1-12-7-16(5)18(9-14(12)3)11-22-20(21)19-10-15(4)13(2)8-17(19)6/h12-19H,7-11H2,1-6H3. The largest absolute Gasteiger partial charge is 0.465 e. The molecule has 0 amide bonds. The Morgan fingerprint density at radius 3 is 1.86 bits per heavy atom. The molecule has 0 bridgehead atoms. The molecule has 0 saturated heterocycles. The Bertz CT molecular complexity index is 378. The molecule has 0 heterocycles. The Hall–Kier alpha value is -0.530. The van der Waals surface area contributed by atoms with Gasteiger partial charge in [-0.05, 0) is 67.1 Å². The second-order valence-corrected chi connectivity index (χ2v) is 8.80. The zero-order valence-electron chi connectivity index (χ0n) is 15.5. The first-order valence-electron chi connectivity index (χ1n) is 9.46. The summed E-state index contributed by atoms with van der Waals surface area (Å²) in [4.78, 5) is 12.5. The van der Waals surface area contributed by atoms with Crippen LogP contribution in [-0.2, 0) is 9.53 Å². The zero-order chi connectivity index (χ0) is 16.4. The van der Waals surface area contributed by atoms with Gasteiger partial charge >= 0.3 is 5.97 Å². The monoisotopic (exact) mass is 308 g/mol. The number of hydrogen-bond donors (Lipinski definition) is 0. The van der Waals surface area contributed by atoms with Gasteiger partial charge in [-0.3, -0.25) is 4.79 Å². The number of ether oxygens (including phenoxy) is 1. The van der Waals surface area contributed by atoms with Crippen LogP contribution >= 0.6 is 0 Å². The Labute approximate surface area is 137 Å². The molecule has 8 unspecified atom stereocenters. The highest BCUT2D eigenvalue weighted by atomic mass is 16.5. The lowest BCUT2D eigenvalue weighted by molar-refractivity contribution is -0.155. The van der Waals surface area contributed by atoms with Crippen LogP contribution < -0.4 is 0 Å². The number of carbonyl (C=O) groups is 1. The SMILES string of the molecule is CC1CC(C)C(COC(=O)C2CC(C)C(C)CC2C)CC1C. The van der Waals surface area contributed by atoms with Gasteiger partial charge in [0.05, 0.1) is 12.5 Å². The lowest BCUT2D eigenvalue weighted by atomic mass is 9.70. The van der Waals surface area contributed by atoms with E-state index < -0.39 is 0 Å². The van der Waals surface area contributed by atoms with Gasteiger partial charge in [-0.25, -0.2) is 0 Å². The highest BCUT2D eigenvalue weighted by Gasteiger charge is 2.37. The molecule has 8 atom stereocenters. The van der Waals surface area contributed by atoms with Crippen molar-refractivity contribution in [2.75, 3.05) is 6.61 Å². The first kappa shape index (κ1) is 17.8. The third-order valence-corrected chi connectivity index (χ3v) is 6.96. The van der Waals surface area contributed by atoms with E-state index in [2.05, 4.69) is 41.5 Å². The van der Waals surface area contributed by atoms with Crippen LogP contribution in [0.25, 0.3) is 0 Å². The minimum Gasteiger partial charge on any atom is -0.465 e. The molecule has 0 aliphatic heterocycles. The minimum absolute atomic E-state index is 0.0738. The van der Waals surface area contributed by atoms with E-state index in [1.165, 1.54) is 12.8 Å². The molecular formula is C20H36O2. The van der Waals surface area contributed by atoms with Crippen molar-refractivity contribution in [1.82, 2.24) is 0 Å². The first-order chi connectivity index (χ1) is 10.3. The fraction of sp³-hybridized carbons (Fsp3) is 0.950. The molecule has 2 rings (SSSR count). The van der Waals surface area contributed by atoms with Crippen molar-refractivity contribution >= 4 is 5.97 Å². The second-order valence-electron chi connectivity index (χ2n) is 8.80. The van der Waals surface area contributed by atoms with Crippen molar-refractivity contribution in [2.45, 2.75) is 67.2 Å². The van der Waals surface area contributed by atoms with Gasteiger partial charge in [0.2, 0.25) is 0 Å². The summed E-state index contributed by atoms with van der Waals surface area (Å²) in [7, 11) is 0. The molecule has 2 saturated carbocycles. The molecule has 128 valence electrons. The molecule has 2 aliphatic carbocycles. The van der Waals surface area contributed by atoms with Gasteiger partial charge in [0.15, 0.2) is 0 Å². The summed E-state index contributed by atoms with van der Waals surface area (Å²) in [5.74, 6) is 4.86. The van der Waals surface area contributed by atoms with Crippen molar-refractivity contribution in [3.05, 3.63) is 0 Å². The normalized spacial score (nSPS) is 46.3. The van der Waals surface area contributed by atoms with Gasteiger partial charge in [0.25, 0.3) is 0 Å². The Kier molecular flexibility index (Phi) is 5.96. The summed E-state index contributed by atoms with van der Waals surface area (Å²) in [5, 5.41) is 0. The molecule has 0 aromatic carbocycles. The maximum atomic E-state index is 12.5. The minimum atomic E-state index is 0.0738. The van der Waals surface area contributed by atoms with E-state index >= 15 is 0 Å². The quantitative estimate of drug-likeness (QED) is 0.673. The van der Waals surface area contributed by atoms with Gasteiger partial charge in [-0.15, -0.1) is 0 Å². The molecular weight excluding hydrogens is 272 g/mol. The molecule has 2 fully saturated rings. The Morgan fingerprint density at radius 1 is 0.727 bits per heavy atom. The highest BCUT2D eigenvalue weighted by Crippen LogP contribution is 2.40. The average Bonchev–Trinajstić information content (AvgIpc) is 2.45. The average molecular weight is 309 g/mol. The van der Waals surface area contributed by atoms with Crippen LogP contribution in [0.3, 0.4) is 0 Å². The van der Waals surface area contributed by atoms with Crippen LogP contribution in [-0.4, -0.2) is 12.6 Å². The van der Waals surface area contributed by atoms with E-state index in [9.17, 15) is 4.79 Å². The van der Waals surface area contributed by atoms with Crippen molar-refractivity contribution in [2.24, 2.45) is 47.3 Å². The van der Waals surface area contributed by atoms with Crippen molar-refractivity contribution in [1.29, 1.82) is 0 Å². The van der Waals surface area contributed by atoms with Crippen LogP contribution in [0.5, 0.6) is 0 Å². The van der Waals surface area contributed by atoms with Gasteiger partial charge in [-0.2, -0.15) is 0 Å². The van der Waals surface area contributed by atoms with Gasteiger partial charge in [0.1, 0.15) is 0 Å². The predicted octanol–water partition coefficient (Wildman–Crippen LogP) is 5.17. The van der Waals surface area contributed by atoms with Crippen molar-refractivity contribution in [3.8, 4) is 0 Å². The van der Waals surface area contributed by atoms with Gasteiger partial charge < -0.3 is 4.74 Å². The third-order valence-electron chi connectivity index (χ3n) is 6.96. The van der Waals surface area contributed by atoms with Gasteiger partial charge in [0, 0.05) is 0 Å². The maximum absolute atomic E-state index is 12.5. The van der Waals surface area contributed by atoms with Crippen molar-refractivity contribution < 1.29 is 9.53 Å². The maximum Gasteiger partial charge on any atom is 0.309 e. The van der Waals surface area contributed by atoms with Crippen LogP contribution in [0.15, 0.2) is 0 Å². The summed E-state index contributed by atoms with van der Waals surface area (Å²) in [5.41, 5.74) is 0. The molecule has 2 heteroatoms. The lowest BCUT2D eigenvalue weighted by Gasteiger charge is -2.38. The smallest absolute Gasteiger partial charge is 0.309 e. The molecule has 22 heavy (non-hydrogen) atoms. The molecule has 0 aromatic rings. The lowest BCUT2D eigenvalue weighted by Crippen LogP contribution is -2.36. The number of carbonyl (C=O) groups excluding carboxylic acids is 1. The Balaban J connectivity index is 1.84. The van der Waals surface area contributed by atoms with Crippen LogP contribution in [0.1, 0.15) is 67.2 Å². The molecule has 2 aliphatic rings. The van der Waals surface area contributed by atoms with Crippen molar-refractivity contribution in [3.63, 3.8) is 0 Å². The predicted molar refractivity (Wildman–Crippen MR) is 91.4 cm³/mol. The van der Waals surface area contributed by atoms with Crippen LogP contribution in [0, 0.1) is 47.3 Å². The summed E-state index contributed by atoms with van der Waals surface area (Å²) in [6.07, 6.45) is 4.66. The van der Waals surface area contributed by atoms with Crippen LogP contribution in [0.2, 0.25) is 0 Å². The third kappa shape index (κ3) is 4.06. The number of rotatable bonds is 3. The summed E-state index contributed by atoms with van der Waals surface area (Å²) in [6, 6.07) is 0. The second kappa shape index (κ2) is 7.36. The summed E-state index contributed by atoms with van der Waals surface area (Å²) >= 11 is 0. The highest BCUT2D eigenvalue weighted by molar-refractivity contribution is 5.73. The Morgan fingerprint density at radius 2 is 1.23 bits per heavy atom. The summed E-state index contributed by atoms with van der Waals surface area (Å²) < 4.78 is 5.79. The van der Waals surface area contributed by atoms with Gasteiger partial charge in [-0.1, -0.05) is 41.5 Å². The van der Waals surface area contributed by atoms with E-state index in [1.807, 2.05) is 0 Å². The first-order valence-corrected chi connectivity index (χ1v) is 9.46. The van der Waals surface area contributed by atoms with E-state index in [0.717, 1.165) is 30.6 Å². The topological polar surface area (TPSA) is 26.3 Å². The molecule has 0 N–H and O–H groups in total. The summed E-state index contributed by atoms with van der Waals surface area (Å²) in [6.45, 7) is 14.5. The molecule has 0 spiro atoms. The molecule has 0 aromatic heterocycles. The van der Waals surface area contributed by atoms with E-state index in [1.54, 1.807) is 0 Å².